The fraction of sp³-hybridized carbons (Fsp3) is 0.500. The maximum atomic E-state index is 13.5. The normalized spacial score (nSPS) is 22.3. The first kappa shape index (κ1) is 23.2. The molecule has 4 heterocycles. The second-order valence-electron chi connectivity index (χ2n) is 9.17. The zero-order valence-electron chi connectivity index (χ0n) is 18.3. The minimum atomic E-state index is -4.56. The number of anilines is 3. The Bertz CT molecular complexity index is 1200. The molecule has 2 aliphatic heterocycles. The maximum Gasteiger partial charge on any atom is 0.416 e. The van der Waals surface area contributed by atoms with Crippen molar-refractivity contribution in [3.05, 3.63) is 35.7 Å². The number of likely N-dealkylation sites (tertiary alicyclic amines) is 1. The first-order valence-corrected chi connectivity index (χ1v) is 11.0. The number of carbonyl (C=O) groups excluding carboxylic acids is 1. The Morgan fingerprint density at radius 3 is 2.54 bits per heavy atom. The fourth-order valence-corrected chi connectivity index (χ4v) is 4.31. The number of hydrogen-bond acceptors (Lipinski definition) is 7. The molecule has 35 heavy (non-hydrogen) atoms. The van der Waals surface area contributed by atoms with Gasteiger partial charge in [0.25, 0.3) is 5.92 Å². The predicted molar refractivity (Wildman–Crippen MR) is 113 cm³/mol. The lowest BCUT2D eigenvalue weighted by Crippen LogP contribution is -2.57. The molecule has 2 aromatic heterocycles. The van der Waals surface area contributed by atoms with Crippen LogP contribution < -0.4 is 10.2 Å². The van der Waals surface area contributed by atoms with Gasteiger partial charge in [0.1, 0.15) is 17.1 Å². The van der Waals surface area contributed by atoms with E-state index in [2.05, 4.69) is 26.3 Å². The van der Waals surface area contributed by atoms with Crippen LogP contribution in [-0.4, -0.2) is 57.9 Å². The zero-order valence-corrected chi connectivity index (χ0v) is 18.3. The van der Waals surface area contributed by atoms with Crippen LogP contribution in [-0.2, 0) is 11.0 Å². The summed E-state index contributed by atoms with van der Waals surface area (Å²) in [6, 6.07) is 5.28. The lowest BCUT2D eigenvalue weighted by Gasteiger charge is -2.38. The van der Waals surface area contributed by atoms with E-state index in [0.717, 1.165) is 18.3 Å². The number of nitrogens with zero attached hydrogens (tertiary/aromatic N) is 6. The fourth-order valence-electron chi connectivity index (χ4n) is 4.31. The highest BCUT2D eigenvalue weighted by Gasteiger charge is 2.53. The summed E-state index contributed by atoms with van der Waals surface area (Å²) in [5.74, 6) is -3.33. The molecule has 3 aliphatic rings. The molecule has 0 aromatic carbocycles. The van der Waals surface area contributed by atoms with Gasteiger partial charge >= 0.3 is 6.18 Å². The SMILES string of the molecule is N#CC1(C(=O)N2CCC(c3cc(Nc4cc(C(F)(F)F)ccn4)nc(N4CC(F)(F)C4)n3)C2)CC1. The van der Waals surface area contributed by atoms with Gasteiger partial charge in [0.2, 0.25) is 11.9 Å². The Balaban J connectivity index is 1.41. The third-order valence-corrected chi connectivity index (χ3v) is 6.47. The molecule has 0 bridgehead atoms. The Morgan fingerprint density at radius 2 is 1.91 bits per heavy atom. The van der Waals surface area contributed by atoms with Gasteiger partial charge in [0, 0.05) is 31.3 Å². The van der Waals surface area contributed by atoms with E-state index in [-0.39, 0.29) is 29.4 Å². The van der Waals surface area contributed by atoms with Crippen LogP contribution in [0.1, 0.15) is 36.4 Å². The summed E-state index contributed by atoms with van der Waals surface area (Å²) in [4.78, 5) is 28.2. The van der Waals surface area contributed by atoms with Crippen molar-refractivity contribution < 1.29 is 26.7 Å². The molecule has 1 saturated carbocycles. The lowest BCUT2D eigenvalue weighted by atomic mass is 10.0. The van der Waals surface area contributed by atoms with E-state index in [9.17, 15) is 32.0 Å². The van der Waals surface area contributed by atoms with Crippen LogP contribution in [0.5, 0.6) is 0 Å². The van der Waals surface area contributed by atoms with E-state index in [4.69, 9.17) is 0 Å². The Hall–Kier alpha value is -3.56. The number of pyridine rings is 1. The van der Waals surface area contributed by atoms with Crippen molar-refractivity contribution in [1.82, 2.24) is 19.9 Å². The molecular formula is C22H20F5N7O. The Labute approximate surface area is 196 Å². The molecule has 2 saturated heterocycles. The van der Waals surface area contributed by atoms with Crippen molar-refractivity contribution >= 4 is 23.5 Å². The third-order valence-electron chi connectivity index (χ3n) is 6.47. The van der Waals surface area contributed by atoms with Gasteiger partial charge in [0.15, 0.2) is 0 Å². The van der Waals surface area contributed by atoms with E-state index in [1.165, 1.54) is 11.0 Å². The number of amides is 1. The van der Waals surface area contributed by atoms with Gasteiger partial charge in [-0.2, -0.15) is 23.4 Å². The molecule has 0 radical (unpaired) electrons. The zero-order chi connectivity index (χ0) is 25.0. The Kier molecular flexibility index (Phi) is 5.30. The number of halogens is 5. The highest BCUT2D eigenvalue weighted by molar-refractivity contribution is 5.88. The van der Waals surface area contributed by atoms with Gasteiger partial charge in [-0.15, -0.1) is 0 Å². The number of aromatic nitrogens is 3. The number of hydrogen-bond donors (Lipinski definition) is 1. The van der Waals surface area contributed by atoms with Gasteiger partial charge in [-0.25, -0.2) is 18.7 Å². The van der Waals surface area contributed by atoms with Crippen LogP contribution in [0, 0.1) is 16.7 Å². The largest absolute Gasteiger partial charge is 0.416 e. The van der Waals surface area contributed by atoms with Gasteiger partial charge < -0.3 is 15.1 Å². The predicted octanol–water partition coefficient (Wildman–Crippen LogP) is 3.71. The number of rotatable bonds is 5. The first-order valence-electron chi connectivity index (χ1n) is 11.0. The van der Waals surface area contributed by atoms with Crippen LogP contribution in [0.25, 0.3) is 0 Å². The van der Waals surface area contributed by atoms with E-state index in [0.29, 0.717) is 38.0 Å². The minimum Gasteiger partial charge on any atom is -0.341 e. The van der Waals surface area contributed by atoms with E-state index in [1.54, 1.807) is 4.90 Å². The Morgan fingerprint density at radius 1 is 1.17 bits per heavy atom. The van der Waals surface area contributed by atoms with E-state index in [1.807, 2.05) is 0 Å². The average Bonchev–Trinajstić information content (AvgIpc) is 3.44. The number of carbonyl (C=O) groups is 1. The van der Waals surface area contributed by atoms with Crippen molar-refractivity contribution in [3.63, 3.8) is 0 Å². The third kappa shape index (κ3) is 4.56. The van der Waals surface area contributed by atoms with Crippen LogP contribution >= 0.6 is 0 Å². The summed E-state index contributed by atoms with van der Waals surface area (Å²) in [6.45, 7) is -0.419. The summed E-state index contributed by atoms with van der Waals surface area (Å²) in [6.07, 6.45) is -1.95. The molecule has 1 amide bonds. The van der Waals surface area contributed by atoms with Gasteiger partial charge in [-0.05, 0) is 31.4 Å². The number of nitrogens with one attached hydrogen (secondary N) is 1. The molecule has 8 nitrogen and oxygen atoms in total. The van der Waals surface area contributed by atoms with Crippen LogP contribution in [0.2, 0.25) is 0 Å². The minimum absolute atomic E-state index is 0.0170. The smallest absolute Gasteiger partial charge is 0.341 e. The highest BCUT2D eigenvalue weighted by atomic mass is 19.4. The lowest BCUT2D eigenvalue weighted by molar-refractivity contribution is -0.137. The van der Waals surface area contributed by atoms with Crippen LogP contribution in [0.3, 0.4) is 0 Å². The maximum absolute atomic E-state index is 13.5. The summed E-state index contributed by atoms with van der Waals surface area (Å²) in [5, 5.41) is 12.0. The monoisotopic (exact) mass is 493 g/mol. The molecule has 13 heteroatoms. The molecule has 5 rings (SSSR count). The quantitative estimate of drug-likeness (QED) is 0.635. The second-order valence-corrected chi connectivity index (χ2v) is 9.17. The first-order chi connectivity index (χ1) is 16.5. The highest BCUT2D eigenvalue weighted by Crippen LogP contribution is 2.47. The topological polar surface area (TPSA) is 98.0 Å². The van der Waals surface area contributed by atoms with Gasteiger partial charge in [-0.3, -0.25) is 4.79 Å². The van der Waals surface area contributed by atoms with Crippen LogP contribution in [0.4, 0.5) is 39.5 Å². The van der Waals surface area contributed by atoms with Crippen molar-refractivity contribution in [2.24, 2.45) is 5.41 Å². The van der Waals surface area contributed by atoms with E-state index < -0.39 is 36.2 Å². The molecule has 1 unspecified atom stereocenters. The summed E-state index contributed by atoms with van der Waals surface area (Å²) in [5.41, 5.74) is -1.38. The second kappa shape index (κ2) is 8.00. The molecule has 1 aliphatic carbocycles. The molecule has 0 spiro atoms. The summed E-state index contributed by atoms with van der Waals surface area (Å²) in [7, 11) is 0. The molecule has 1 N–H and O–H groups in total. The number of alkyl halides is 5. The molecule has 1 atom stereocenters. The van der Waals surface area contributed by atoms with Crippen molar-refractivity contribution in [2.75, 3.05) is 36.4 Å². The summed E-state index contributed by atoms with van der Waals surface area (Å²) < 4.78 is 66.2. The standard InChI is InChI=1S/C22H20F5N7O/c23-21(24)11-34(12-21)19-30-15(13-2-6-33(9-13)18(35)20(10-28)3-4-20)8-17(32-19)31-16-7-14(1-5-29-16)22(25,26)27/h1,5,7-8,13H,2-4,6,9,11-12H2,(H,29,30,31,32). The molecule has 2 aromatic rings. The van der Waals surface area contributed by atoms with Crippen molar-refractivity contribution in [2.45, 2.75) is 37.3 Å². The average molecular weight is 493 g/mol. The van der Waals surface area contributed by atoms with Gasteiger partial charge in [-0.1, -0.05) is 0 Å². The molecular weight excluding hydrogens is 473 g/mol. The molecule has 3 fully saturated rings. The molecule has 184 valence electrons. The van der Waals surface area contributed by atoms with Crippen molar-refractivity contribution in [1.29, 1.82) is 5.26 Å². The van der Waals surface area contributed by atoms with Crippen molar-refractivity contribution in [3.8, 4) is 6.07 Å². The summed E-state index contributed by atoms with van der Waals surface area (Å²) >= 11 is 0. The van der Waals surface area contributed by atoms with Gasteiger partial charge in [0.05, 0.1) is 30.4 Å². The number of nitriles is 1. The van der Waals surface area contributed by atoms with E-state index >= 15 is 0 Å². The van der Waals surface area contributed by atoms with Crippen LogP contribution in [0.15, 0.2) is 24.4 Å².